The Morgan fingerprint density at radius 1 is 0.967 bits per heavy atom. The third kappa shape index (κ3) is 3.81. The Kier molecular flexibility index (Phi) is 5.41. The molecule has 7 heteroatoms. The van der Waals surface area contributed by atoms with Crippen molar-refractivity contribution in [3.63, 3.8) is 0 Å². The zero-order chi connectivity index (χ0) is 20.6. The van der Waals surface area contributed by atoms with Gasteiger partial charge in [0.25, 0.3) is 5.91 Å². The number of nitrogens with one attached hydrogen (secondary N) is 1. The number of urea groups is 1. The molecule has 4 aliphatic rings. The Balaban J connectivity index is 1.14. The number of fused-ring (bicyclic) bond motifs is 1. The predicted octanol–water partition coefficient (Wildman–Crippen LogP) is 2.34. The number of nitrogens with zero attached hydrogens (tertiary/aromatic N) is 3. The molecule has 3 amide bonds. The van der Waals surface area contributed by atoms with Crippen LogP contribution in [-0.2, 0) is 17.8 Å². The van der Waals surface area contributed by atoms with Crippen molar-refractivity contribution < 1.29 is 14.3 Å². The molecule has 0 unspecified atom stereocenters. The largest absolute Gasteiger partial charge is 0.493 e. The highest BCUT2D eigenvalue weighted by Crippen LogP contribution is 2.33. The fourth-order valence-electron chi connectivity index (χ4n) is 5.36. The fourth-order valence-corrected chi connectivity index (χ4v) is 5.36. The molecule has 7 nitrogen and oxygen atoms in total. The smallest absolute Gasteiger partial charge is 0.326 e. The second kappa shape index (κ2) is 8.19. The average Bonchev–Trinajstić information content (AvgIpc) is 3.20. The predicted molar refractivity (Wildman–Crippen MR) is 113 cm³/mol. The molecule has 1 spiro atoms. The number of ether oxygens (including phenoxy) is 1. The maximum Gasteiger partial charge on any atom is 0.326 e. The average molecular weight is 413 g/mol. The first-order valence-electron chi connectivity index (χ1n) is 11.5. The van der Waals surface area contributed by atoms with Crippen LogP contribution in [0.1, 0.15) is 49.7 Å². The van der Waals surface area contributed by atoms with Gasteiger partial charge in [0.2, 0.25) is 0 Å². The van der Waals surface area contributed by atoms with Crippen LogP contribution >= 0.6 is 0 Å². The van der Waals surface area contributed by atoms with Gasteiger partial charge < -0.3 is 10.1 Å². The van der Waals surface area contributed by atoms with Crippen LogP contribution in [0.15, 0.2) is 18.2 Å². The number of hydrogen-bond acceptors (Lipinski definition) is 5. The Hall–Kier alpha value is -2.12. The lowest BCUT2D eigenvalue weighted by atomic mass is 9.90. The van der Waals surface area contributed by atoms with Gasteiger partial charge in [0, 0.05) is 39.1 Å². The minimum Gasteiger partial charge on any atom is -0.493 e. The molecule has 162 valence electrons. The SMILES string of the molecule is O=C1NC2(CCCCCC2)C(=O)N1CN1CCN(Cc2ccc3c(c2)CCO3)CC1. The van der Waals surface area contributed by atoms with Gasteiger partial charge in [0.15, 0.2) is 0 Å². The van der Waals surface area contributed by atoms with E-state index in [0.717, 1.165) is 90.0 Å². The molecule has 0 atom stereocenters. The van der Waals surface area contributed by atoms with Gasteiger partial charge in [-0.25, -0.2) is 9.69 Å². The third-order valence-corrected chi connectivity index (χ3v) is 7.17. The van der Waals surface area contributed by atoms with Crippen LogP contribution in [0.3, 0.4) is 0 Å². The van der Waals surface area contributed by atoms with E-state index in [9.17, 15) is 9.59 Å². The van der Waals surface area contributed by atoms with E-state index in [1.165, 1.54) is 16.0 Å². The van der Waals surface area contributed by atoms with E-state index in [1.807, 2.05) is 0 Å². The summed E-state index contributed by atoms with van der Waals surface area (Å²) in [5.41, 5.74) is 2.02. The number of carbonyl (C=O) groups is 2. The first-order valence-corrected chi connectivity index (χ1v) is 11.5. The summed E-state index contributed by atoms with van der Waals surface area (Å²) in [7, 11) is 0. The minimum atomic E-state index is -0.632. The van der Waals surface area contributed by atoms with Gasteiger partial charge in [0.05, 0.1) is 13.3 Å². The highest BCUT2D eigenvalue weighted by Gasteiger charge is 2.51. The molecule has 1 aliphatic carbocycles. The summed E-state index contributed by atoms with van der Waals surface area (Å²) in [6.07, 6.45) is 6.93. The highest BCUT2D eigenvalue weighted by molar-refractivity contribution is 6.07. The van der Waals surface area contributed by atoms with Crippen molar-refractivity contribution in [1.82, 2.24) is 20.0 Å². The van der Waals surface area contributed by atoms with Crippen LogP contribution in [0.5, 0.6) is 5.75 Å². The first kappa shape index (κ1) is 19.8. The first-order chi connectivity index (χ1) is 14.6. The van der Waals surface area contributed by atoms with Crippen molar-refractivity contribution in [2.75, 3.05) is 39.5 Å². The maximum atomic E-state index is 13.1. The van der Waals surface area contributed by atoms with Gasteiger partial charge in [-0.1, -0.05) is 37.8 Å². The van der Waals surface area contributed by atoms with E-state index >= 15 is 0 Å². The third-order valence-electron chi connectivity index (χ3n) is 7.17. The van der Waals surface area contributed by atoms with Crippen LogP contribution in [-0.4, -0.2) is 71.6 Å². The lowest BCUT2D eigenvalue weighted by molar-refractivity contribution is -0.133. The van der Waals surface area contributed by atoms with Crippen LogP contribution in [0.25, 0.3) is 0 Å². The number of amides is 3. The van der Waals surface area contributed by atoms with Crippen LogP contribution < -0.4 is 10.1 Å². The van der Waals surface area contributed by atoms with E-state index < -0.39 is 5.54 Å². The highest BCUT2D eigenvalue weighted by atomic mass is 16.5. The summed E-state index contributed by atoms with van der Waals surface area (Å²) in [5, 5.41) is 3.05. The van der Waals surface area contributed by atoms with E-state index in [2.05, 4.69) is 33.3 Å². The van der Waals surface area contributed by atoms with Crippen LogP contribution in [0.2, 0.25) is 0 Å². The zero-order valence-corrected chi connectivity index (χ0v) is 17.7. The Bertz CT molecular complexity index is 811. The van der Waals surface area contributed by atoms with Crippen molar-refractivity contribution in [1.29, 1.82) is 0 Å². The second-order valence-electron chi connectivity index (χ2n) is 9.24. The fraction of sp³-hybridized carbons (Fsp3) is 0.652. The second-order valence-corrected chi connectivity index (χ2v) is 9.24. The van der Waals surface area contributed by atoms with Crippen molar-refractivity contribution in [2.45, 2.75) is 57.0 Å². The van der Waals surface area contributed by atoms with Crippen molar-refractivity contribution in [2.24, 2.45) is 0 Å². The number of piperazine rings is 1. The van der Waals surface area contributed by atoms with Gasteiger partial charge in [0.1, 0.15) is 11.3 Å². The van der Waals surface area contributed by atoms with E-state index in [4.69, 9.17) is 4.74 Å². The molecule has 3 heterocycles. The Morgan fingerprint density at radius 2 is 1.70 bits per heavy atom. The minimum absolute atomic E-state index is 0.00260. The van der Waals surface area contributed by atoms with Gasteiger partial charge in [-0.2, -0.15) is 0 Å². The quantitative estimate of drug-likeness (QED) is 0.769. The van der Waals surface area contributed by atoms with E-state index in [1.54, 1.807) is 0 Å². The molecule has 1 N–H and O–H groups in total. The zero-order valence-electron chi connectivity index (χ0n) is 17.7. The maximum absolute atomic E-state index is 13.1. The van der Waals surface area contributed by atoms with Gasteiger partial charge in [-0.15, -0.1) is 0 Å². The molecule has 1 aromatic carbocycles. The molecule has 3 aliphatic heterocycles. The number of carbonyl (C=O) groups excluding carboxylic acids is 2. The van der Waals surface area contributed by atoms with Crippen LogP contribution in [0, 0.1) is 0 Å². The summed E-state index contributed by atoms with van der Waals surface area (Å²) in [6, 6.07) is 6.32. The summed E-state index contributed by atoms with van der Waals surface area (Å²) in [4.78, 5) is 31.8. The molecular formula is C23H32N4O3. The molecule has 3 fully saturated rings. The number of imide groups is 1. The molecule has 30 heavy (non-hydrogen) atoms. The summed E-state index contributed by atoms with van der Waals surface area (Å²) < 4.78 is 5.60. The van der Waals surface area contributed by atoms with Gasteiger partial charge in [-0.05, 0) is 30.0 Å². The van der Waals surface area contributed by atoms with Gasteiger partial charge in [-0.3, -0.25) is 14.6 Å². The van der Waals surface area contributed by atoms with Crippen molar-refractivity contribution in [3.05, 3.63) is 29.3 Å². The van der Waals surface area contributed by atoms with Crippen molar-refractivity contribution in [3.8, 4) is 5.75 Å². The van der Waals surface area contributed by atoms with E-state index in [-0.39, 0.29) is 11.9 Å². The standard InChI is InChI=1S/C23H32N4O3/c28-21-23(8-3-1-2-4-9-23)24-22(29)27(21)17-26-12-10-25(11-13-26)16-18-5-6-20-19(15-18)7-14-30-20/h5-6,15H,1-4,7-14,16-17H2,(H,24,29). The van der Waals surface area contributed by atoms with Gasteiger partial charge >= 0.3 is 6.03 Å². The summed E-state index contributed by atoms with van der Waals surface area (Å²) in [6.45, 7) is 5.78. The Morgan fingerprint density at radius 3 is 2.47 bits per heavy atom. The number of rotatable bonds is 4. The number of benzene rings is 1. The molecule has 0 radical (unpaired) electrons. The lowest BCUT2D eigenvalue weighted by Crippen LogP contribution is -2.51. The molecule has 1 aromatic rings. The monoisotopic (exact) mass is 412 g/mol. The molecule has 0 aromatic heterocycles. The molecule has 0 bridgehead atoms. The normalized spacial score (nSPS) is 24.6. The number of hydrogen-bond donors (Lipinski definition) is 1. The van der Waals surface area contributed by atoms with E-state index in [0.29, 0.717) is 6.67 Å². The molecular weight excluding hydrogens is 380 g/mol. The Labute approximate surface area is 178 Å². The van der Waals surface area contributed by atoms with Crippen LogP contribution in [0.4, 0.5) is 4.79 Å². The molecule has 1 saturated carbocycles. The summed E-state index contributed by atoms with van der Waals surface area (Å²) in [5.74, 6) is 1.03. The molecule has 2 saturated heterocycles. The van der Waals surface area contributed by atoms with Crippen molar-refractivity contribution >= 4 is 11.9 Å². The summed E-state index contributed by atoms with van der Waals surface area (Å²) >= 11 is 0. The lowest BCUT2D eigenvalue weighted by Gasteiger charge is -2.36. The molecule has 5 rings (SSSR count). The topological polar surface area (TPSA) is 65.1 Å².